The molecule has 1 aromatic rings. The zero-order valence-electron chi connectivity index (χ0n) is 11.9. The van der Waals surface area contributed by atoms with Gasteiger partial charge >= 0.3 is 0 Å². The van der Waals surface area contributed by atoms with Crippen molar-refractivity contribution < 1.29 is 9.47 Å². The lowest BCUT2D eigenvalue weighted by Crippen LogP contribution is -2.26. The van der Waals surface area contributed by atoms with Crippen LogP contribution in [0.15, 0.2) is 24.3 Å². The van der Waals surface area contributed by atoms with Gasteiger partial charge in [0, 0.05) is 18.2 Å². The fourth-order valence-electron chi connectivity index (χ4n) is 1.96. The van der Waals surface area contributed by atoms with E-state index in [-0.39, 0.29) is 6.10 Å². The zero-order valence-corrected chi connectivity index (χ0v) is 11.9. The molecule has 0 bridgehead atoms. The van der Waals surface area contributed by atoms with Crippen LogP contribution in [0.25, 0.3) is 0 Å². The van der Waals surface area contributed by atoms with Crippen LogP contribution < -0.4 is 10.1 Å². The van der Waals surface area contributed by atoms with Crippen LogP contribution in [0.3, 0.4) is 0 Å². The Labute approximate surface area is 110 Å². The summed E-state index contributed by atoms with van der Waals surface area (Å²) in [4.78, 5) is 0. The first-order valence-electron chi connectivity index (χ1n) is 6.67. The van der Waals surface area contributed by atoms with Gasteiger partial charge in [-0.3, -0.25) is 0 Å². The van der Waals surface area contributed by atoms with E-state index in [0.717, 1.165) is 25.3 Å². The van der Waals surface area contributed by atoms with Gasteiger partial charge in [0.25, 0.3) is 0 Å². The molecule has 1 aromatic carbocycles. The van der Waals surface area contributed by atoms with Gasteiger partial charge in [-0.25, -0.2) is 0 Å². The standard InChI is InChI=1S/C15H25NO2/c1-5-14(16-10-11-18-12(2)3)13-8-6-7-9-15(13)17-4/h6-9,12,14,16H,5,10-11H2,1-4H3. The van der Waals surface area contributed by atoms with E-state index in [2.05, 4.69) is 32.2 Å². The predicted molar refractivity (Wildman–Crippen MR) is 75.1 cm³/mol. The summed E-state index contributed by atoms with van der Waals surface area (Å²) in [5, 5.41) is 3.51. The molecule has 0 aliphatic heterocycles. The first-order chi connectivity index (χ1) is 8.69. The average Bonchev–Trinajstić information content (AvgIpc) is 2.38. The molecule has 0 aliphatic carbocycles. The van der Waals surface area contributed by atoms with E-state index in [1.54, 1.807) is 7.11 Å². The van der Waals surface area contributed by atoms with Crippen molar-refractivity contribution in [3.8, 4) is 5.75 Å². The van der Waals surface area contributed by atoms with Crippen molar-refractivity contribution in [2.45, 2.75) is 39.3 Å². The molecule has 1 unspecified atom stereocenters. The number of ether oxygens (including phenoxy) is 2. The number of benzene rings is 1. The Balaban J connectivity index is 2.54. The molecule has 0 fully saturated rings. The molecule has 3 heteroatoms. The largest absolute Gasteiger partial charge is 0.496 e. The van der Waals surface area contributed by atoms with Crippen LogP contribution in [0.2, 0.25) is 0 Å². The highest BCUT2D eigenvalue weighted by atomic mass is 16.5. The minimum absolute atomic E-state index is 0.290. The highest BCUT2D eigenvalue weighted by molar-refractivity contribution is 5.35. The van der Waals surface area contributed by atoms with E-state index in [1.165, 1.54) is 5.56 Å². The second kappa shape index (κ2) is 8.11. The van der Waals surface area contributed by atoms with Crippen molar-refractivity contribution >= 4 is 0 Å². The van der Waals surface area contributed by atoms with Gasteiger partial charge in [0.15, 0.2) is 0 Å². The minimum atomic E-state index is 0.290. The van der Waals surface area contributed by atoms with Crippen LogP contribution in [0.1, 0.15) is 38.8 Å². The summed E-state index contributed by atoms with van der Waals surface area (Å²) in [5.41, 5.74) is 1.21. The Kier molecular flexibility index (Phi) is 6.76. The Bertz CT molecular complexity index is 339. The van der Waals surface area contributed by atoms with Crippen LogP contribution in [-0.2, 0) is 4.74 Å². The topological polar surface area (TPSA) is 30.5 Å². The molecule has 1 rings (SSSR count). The molecule has 0 heterocycles. The van der Waals surface area contributed by atoms with Crippen molar-refractivity contribution in [3.05, 3.63) is 29.8 Å². The van der Waals surface area contributed by atoms with Crippen LogP contribution in [0.4, 0.5) is 0 Å². The second-order valence-electron chi connectivity index (χ2n) is 4.58. The van der Waals surface area contributed by atoms with Crippen LogP contribution in [-0.4, -0.2) is 26.4 Å². The third kappa shape index (κ3) is 4.67. The number of nitrogens with one attached hydrogen (secondary N) is 1. The van der Waals surface area contributed by atoms with Crippen molar-refractivity contribution in [1.29, 1.82) is 0 Å². The van der Waals surface area contributed by atoms with Gasteiger partial charge < -0.3 is 14.8 Å². The third-order valence-electron chi connectivity index (χ3n) is 2.87. The van der Waals surface area contributed by atoms with E-state index in [1.807, 2.05) is 18.2 Å². The van der Waals surface area contributed by atoms with Crippen molar-refractivity contribution in [2.75, 3.05) is 20.3 Å². The molecule has 18 heavy (non-hydrogen) atoms. The van der Waals surface area contributed by atoms with Gasteiger partial charge in [-0.1, -0.05) is 25.1 Å². The highest BCUT2D eigenvalue weighted by Crippen LogP contribution is 2.26. The van der Waals surface area contributed by atoms with Crippen molar-refractivity contribution in [2.24, 2.45) is 0 Å². The average molecular weight is 251 g/mol. The van der Waals surface area contributed by atoms with Crippen LogP contribution in [0, 0.1) is 0 Å². The van der Waals surface area contributed by atoms with Gasteiger partial charge in [-0.05, 0) is 26.3 Å². The summed E-state index contributed by atoms with van der Waals surface area (Å²) in [7, 11) is 1.72. The Morgan fingerprint density at radius 3 is 2.56 bits per heavy atom. The summed E-state index contributed by atoms with van der Waals surface area (Å²) in [6.07, 6.45) is 1.32. The molecule has 3 nitrogen and oxygen atoms in total. The smallest absolute Gasteiger partial charge is 0.123 e. The minimum Gasteiger partial charge on any atom is -0.496 e. The summed E-state index contributed by atoms with van der Waals surface area (Å²) in [5.74, 6) is 0.946. The van der Waals surface area contributed by atoms with Gasteiger partial charge in [-0.2, -0.15) is 0 Å². The fraction of sp³-hybridized carbons (Fsp3) is 0.600. The number of hydrogen-bond donors (Lipinski definition) is 1. The van der Waals surface area contributed by atoms with E-state index in [0.29, 0.717) is 6.04 Å². The lowest BCUT2D eigenvalue weighted by Gasteiger charge is -2.20. The highest BCUT2D eigenvalue weighted by Gasteiger charge is 2.12. The van der Waals surface area contributed by atoms with Gasteiger partial charge in [0.2, 0.25) is 0 Å². The second-order valence-corrected chi connectivity index (χ2v) is 4.58. The molecule has 0 spiro atoms. The summed E-state index contributed by atoms with van der Waals surface area (Å²) in [6.45, 7) is 7.88. The molecular weight excluding hydrogens is 226 g/mol. The van der Waals surface area contributed by atoms with Gasteiger partial charge in [-0.15, -0.1) is 0 Å². The maximum Gasteiger partial charge on any atom is 0.123 e. The maximum atomic E-state index is 5.54. The molecule has 0 amide bonds. The summed E-state index contributed by atoms with van der Waals surface area (Å²) in [6, 6.07) is 8.48. The molecule has 0 saturated heterocycles. The normalized spacial score (nSPS) is 12.7. The third-order valence-corrected chi connectivity index (χ3v) is 2.87. The first-order valence-corrected chi connectivity index (χ1v) is 6.67. The molecule has 102 valence electrons. The zero-order chi connectivity index (χ0) is 13.4. The quantitative estimate of drug-likeness (QED) is 0.720. The van der Waals surface area contributed by atoms with E-state index >= 15 is 0 Å². The predicted octanol–water partition coefficient (Wildman–Crippen LogP) is 3.16. The molecule has 0 aliphatic rings. The molecule has 0 aromatic heterocycles. The maximum absolute atomic E-state index is 5.54. The number of methoxy groups -OCH3 is 1. The lowest BCUT2D eigenvalue weighted by molar-refractivity contribution is 0.0792. The lowest BCUT2D eigenvalue weighted by atomic mass is 10.0. The van der Waals surface area contributed by atoms with E-state index in [9.17, 15) is 0 Å². The SMILES string of the molecule is CCC(NCCOC(C)C)c1ccccc1OC. The fourth-order valence-corrected chi connectivity index (χ4v) is 1.96. The van der Waals surface area contributed by atoms with E-state index in [4.69, 9.17) is 9.47 Å². The van der Waals surface area contributed by atoms with Gasteiger partial charge in [0.1, 0.15) is 5.75 Å². The van der Waals surface area contributed by atoms with Crippen LogP contribution >= 0.6 is 0 Å². The molecule has 1 N–H and O–H groups in total. The monoisotopic (exact) mass is 251 g/mol. The van der Waals surface area contributed by atoms with Crippen LogP contribution in [0.5, 0.6) is 5.75 Å². The van der Waals surface area contributed by atoms with Crippen molar-refractivity contribution in [1.82, 2.24) is 5.32 Å². The molecular formula is C15H25NO2. The Morgan fingerprint density at radius 1 is 1.22 bits per heavy atom. The molecule has 0 radical (unpaired) electrons. The van der Waals surface area contributed by atoms with Gasteiger partial charge in [0.05, 0.1) is 19.8 Å². The number of rotatable bonds is 8. The van der Waals surface area contributed by atoms with E-state index < -0.39 is 0 Å². The summed E-state index contributed by atoms with van der Waals surface area (Å²) < 4.78 is 10.9. The Hall–Kier alpha value is -1.06. The Morgan fingerprint density at radius 2 is 1.94 bits per heavy atom. The number of hydrogen-bond acceptors (Lipinski definition) is 3. The first kappa shape index (κ1) is 15.0. The molecule has 0 saturated carbocycles. The summed E-state index contributed by atoms with van der Waals surface area (Å²) >= 11 is 0. The number of para-hydroxylation sites is 1. The molecule has 1 atom stereocenters. The van der Waals surface area contributed by atoms with Crippen molar-refractivity contribution in [3.63, 3.8) is 0 Å².